The predicted molar refractivity (Wildman–Crippen MR) is 229 cm³/mol. The first-order chi connectivity index (χ1) is 27.0. The Morgan fingerprint density at radius 2 is 1.61 bits per heavy atom. The highest BCUT2D eigenvalue weighted by Crippen LogP contribution is 2.39. The van der Waals surface area contributed by atoms with Gasteiger partial charge in [-0.15, -0.1) is 11.3 Å². The van der Waals surface area contributed by atoms with Crippen molar-refractivity contribution < 1.29 is 14.4 Å². The molecule has 1 aliphatic carbocycles. The number of benzene rings is 2. The Labute approximate surface area is 338 Å². The monoisotopic (exact) mass is 781 g/mol. The second-order valence-corrected chi connectivity index (χ2v) is 17.0. The van der Waals surface area contributed by atoms with Crippen LogP contribution in [0.15, 0.2) is 36.4 Å². The number of nitrogens with one attached hydrogen (secondary N) is 1. The van der Waals surface area contributed by atoms with E-state index in [0.717, 1.165) is 104 Å². The Balaban J connectivity index is 0.000000437. The molecule has 2 aliphatic heterocycles. The zero-order valence-corrected chi connectivity index (χ0v) is 35.8. The Morgan fingerprint density at radius 1 is 0.911 bits per heavy atom. The Morgan fingerprint density at radius 3 is 2.23 bits per heavy atom. The number of anilines is 1. The van der Waals surface area contributed by atoms with Gasteiger partial charge in [0.2, 0.25) is 0 Å². The van der Waals surface area contributed by atoms with Gasteiger partial charge in [0, 0.05) is 74.4 Å². The van der Waals surface area contributed by atoms with Crippen LogP contribution in [-0.4, -0.2) is 88.0 Å². The molecule has 2 aromatic heterocycles. The highest BCUT2D eigenvalue weighted by molar-refractivity contribution is 7.15. The van der Waals surface area contributed by atoms with Crippen LogP contribution in [0.5, 0.6) is 0 Å². The zero-order valence-electron chi connectivity index (χ0n) is 35.0. The number of thiazole rings is 1. The normalized spacial score (nSPS) is 17.9. The molecule has 56 heavy (non-hydrogen) atoms. The molecule has 1 fully saturated rings. The van der Waals surface area contributed by atoms with Crippen LogP contribution in [0.25, 0.3) is 21.7 Å². The summed E-state index contributed by atoms with van der Waals surface area (Å²) in [4.78, 5) is 50.9. The summed E-state index contributed by atoms with van der Waals surface area (Å²) in [5.41, 5.74) is 10.0. The van der Waals surface area contributed by atoms with E-state index in [1.807, 2.05) is 60.9 Å². The van der Waals surface area contributed by atoms with E-state index in [1.165, 1.54) is 58.6 Å². The molecule has 0 spiro atoms. The van der Waals surface area contributed by atoms with Gasteiger partial charge in [0.25, 0.3) is 5.91 Å². The van der Waals surface area contributed by atoms with Crippen molar-refractivity contribution in [2.45, 2.75) is 99.2 Å². The Bertz CT molecular complexity index is 1920. The van der Waals surface area contributed by atoms with Gasteiger partial charge in [0.1, 0.15) is 17.6 Å². The van der Waals surface area contributed by atoms with Crippen LogP contribution in [-0.2, 0) is 42.7 Å². The predicted octanol–water partition coefficient (Wildman–Crippen LogP) is 8.33. The van der Waals surface area contributed by atoms with Crippen LogP contribution < -0.4 is 5.32 Å². The summed E-state index contributed by atoms with van der Waals surface area (Å²) in [6.45, 7) is 17.1. The van der Waals surface area contributed by atoms with Crippen molar-refractivity contribution in [3.63, 3.8) is 0 Å². The van der Waals surface area contributed by atoms with Gasteiger partial charge < -0.3 is 19.5 Å². The minimum absolute atomic E-state index is 0.150. The lowest BCUT2D eigenvalue weighted by Gasteiger charge is -2.33. The first-order valence-electron chi connectivity index (χ1n) is 20.5. The summed E-state index contributed by atoms with van der Waals surface area (Å²) >= 11 is 1.81. The third-order valence-corrected chi connectivity index (χ3v) is 12.7. The van der Waals surface area contributed by atoms with Gasteiger partial charge in [-0.05, 0) is 93.9 Å². The van der Waals surface area contributed by atoms with Crippen molar-refractivity contribution in [1.29, 1.82) is 0 Å². The zero-order chi connectivity index (χ0) is 40.4. The second kappa shape index (κ2) is 20.4. The fraction of sp³-hybridized carbons (Fsp3) is 0.533. The molecular formula is C45H63N7O3S. The summed E-state index contributed by atoms with van der Waals surface area (Å²) in [6.07, 6.45) is 9.86. The number of amides is 1. The van der Waals surface area contributed by atoms with E-state index in [9.17, 15) is 14.4 Å². The largest absolute Gasteiger partial charge is 0.327 e. The van der Waals surface area contributed by atoms with Gasteiger partial charge in [0.15, 0.2) is 5.82 Å². The number of hydrogen-bond acceptors (Lipinski definition) is 9. The molecule has 7 rings (SSSR count). The number of carbonyl (C=O) groups is 3. The van der Waals surface area contributed by atoms with Crippen LogP contribution in [0.4, 0.5) is 5.69 Å². The van der Waals surface area contributed by atoms with Gasteiger partial charge in [-0.1, -0.05) is 63.9 Å². The summed E-state index contributed by atoms with van der Waals surface area (Å²) in [5.74, 6) is 2.01. The number of fused-ring (bicyclic) bond motifs is 2. The van der Waals surface area contributed by atoms with Crippen molar-refractivity contribution in [3.05, 3.63) is 75.3 Å². The minimum atomic E-state index is -0.150. The maximum absolute atomic E-state index is 13.7. The molecule has 10 nitrogen and oxygen atoms in total. The van der Waals surface area contributed by atoms with Crippen molar-refractivity contribution in [3.8, 4) is 21.7 Å². The number of hydrogen-bond donors (Lipinski definition) is 1. The fourth-order valence-corrected chi connectivity index (χ4v) is 9.13. The maximum atomic E-state index is 13.7. The summed E-state index contributed by atoms with van der Waals surface area (Å²) in [6, 6.07) is 12.6. The van der Waals surface area contributed by atoms with Gasteiger partial charge in [-0.3, -0.25) is 19.5 Å². The second-order valence-electron chi connectivity index (χ2n) is 15.9. The van der Waals surface area contributed by atoms with Crippen molar-refractivity contribution in [2.75, 3.05) is 45.6 Å². The number of unbranched alkanes of at least 4 members (excludes halogenated alkanes) is 1. The molecule has 0 radical (unpaired) electrons. The molecule has 4 aromatic rings. The number of imidazole rings is 1. The standard InChI is InChI=1S/C36H44N6OS.C5H11NO.C4H8O/c1-22-12-14-25(15-13-22)18-42-17-16-32-30(20-42)37-34(41(32)5)35(43)38-29-11-7-9-27(24(29)3)26-8-6-10-28(23(26)2)36-39-31-19-40(4)21-33(31)44-36;1-3-6(2)4-5-7;1-2-3-4-5/h6-11,22,25H,12-21H2,1-5H3,(H,38,43);5H,3-4H2,1-2H3;4H,2-3H2,1H3. The Hall–Kier alpha value is -4.03. The van der Waals surface area contributed by atoms with E-state index in [0.29, 0.717) is 18.8 Å². The average Bonchev–Trinajstić information content (AvgIpc) is 3.85. The third-order valence-electron chi connectivity index (χ3n) is 11.6. The van der Waals surface area contributed by atoms with Crippen molar-refractivity contribution >= 4 is 35.5 Å². The van der Waals surface area contributed by atoms with Crippen LogP contribution in [0.2, 0.25) is 0 Å². The molecule has 0 atom stereocenters. The molecule has 1 amide bonds. The van der Waals surface area contributed by atoms with E-state index in [1.54, 1.807) is 0 Å². The number of nitrogens with zero attached hydrogens (tertiary/aromatic N) is 6. The quantitative estimate of drug-likeness (QED) is 0.152. The summed E-state index contributed by atoms with van der Waals surface area (Å²) in [5, 5.41) is 4.31. The molecule has 302 valence electrons. The van der Waals surface area contributed by atoms with Gasteiger partial charge in [-0.25, -0.2) is 9.97 Å². The first kappa shape index (κ1) is 43.1. The van der Waals surface area contributed by atoms with Crippen LogP contribution in [0, 0.1) is 25.7 Å². The van der Waals surface area contributed by atoms with E-state index >= 15 is 0 Å². The van der Waals surface area contributed by atoms with E-state index in [2.05, 4.69) is 67.2 Å². The number of aldehydes is 2. The lowest BCUT2D eigenvalue weighted by atomic mass is 9.82. The molecule has 0 saturated heterocycles. The van der Waals surface area contributed by atoms with E-state index in [4.69, 9.17) is 9.97 Å². The lowest BCUT2D eigenvalue weighted by molar-refractivity contribution is -0.109. The molecule has 4 heterocycles. The molecule has 1 saturated carbocycles. The smallest absolute Gasteiger partial charge is 0.291 e. The number of rotatable bonds is 11. The lowest BCUT2D eigenvalue weighted by Crippen LogP contribution is -2.36. The molecule has 1 N–H and O–H groups in total. The average molecular weight is 782 g/mol. The fourth-order valence-electron chi connectivity index (χ4n) is 7.89. The van der Waals surface area contributed by atoms with E-state index in [-0.39, 0.29) is 5.91 Å². The van der Waals surface area contributed by atoms with Gasteiger partial charge in [0.05, 0.1) is 17.9 Å². The molecule has 0 bridgehead atoms. The third kappa shape index (κ3) is 10.7. The number of aromatic nitrogens is 3. The minimum Gasteiger partial charge on any atom is -0.327 e. The van der Waals surface area contributed by atoms with Crippen molar-refractivity contribution in [1.82, 2.24) is 29.2 Å². The van der Waals surface area contributed by atoms with Gasteiger partial charge >= 0.3 is 0 Å². The summed E-state index contributed by atoms with van der Waals surface area (Å²) < 4.78 is 2.01. The molecule has 11 heteroatoms. The van der Waals surface area contributed by atoms with Crippen molar-refractivity contribution in [2.24, 2.45) is 18.9 Å². The highest BCUT2D eigenvalue weighted by atomic mass is 32.1. The van der Waals surface area contributed by atoms with Gasteiger partial charge in [-0.2, -0.15) is 0 Å². The number of likely N-dealkylation sites (N-methyl/N-ethyl adjacent to an activating group) is 1. The summed E-state index contributed by atoms with van der Waals surface area (Å²) in [7, 11) is 6.04. The van der Waals surface area contributed by atoms with Crippen LogP contribution in [0.3, 0.4) is 0 Å². The molecule has 0 unspecified atom stereocenters. The Kier molecular flexibility index (Phi) is 15.7. The molecule has 3 aliphatic rings. The molecular weight excluding hydrogens is 719 g/mol. The number of carbonyl (C=O) groups excluding carboxylic acids is 3. The topological polar surface area (TPSA) is 104 Å². The van der Waals surface area contributed by atoms with Crippen LogP contribution >= 0.6 is 11.3 Å². The first-order valence-corrected chi connectivity index (χ1v) is 21.3. The SMILES string of the molecule is CCCC=O.CCN(C)CC=O.Cc1c(NC(=O)c2nc3c(n2C)CCN(CC2CCC(C)CC2)C3)cccc1-c1cccc(-c2nc3c(s2)CN(C)C3)c1C. The highest BCUT2D eigenvalue weighted by Gasteiger charge is 2.28. The van der Waals surface area contributed by atoms with Crippen LogP contribution in [0.1, 0.15) is 103 Å². The maximum Gasteiger partial charge on any atom is 0.291 e. The van der Waals surface area contributed by atoms with E-state index < -0.39 is 0 Å². The molecule has 2 aromatic carbocycles.